The van der Waals surface area contributed by atoms with Gasteiger partial charge in [-0.15, -0.1) is 0 Å². The topological polar surface area (TPSA) is 81.5 Å². The highest BCUT2D eigenvalue weighted by Gasteiger charge is 2.10. The summed E-state index contributed by atoms with van der Waals surface area (Å²) in [6.45, 7) is 1.59. The molecule has 164 valence electrons. The lowest BCUT2D eigenvalue weighted by Crippen LogP contribution is -1.97. The molecule has 6 nitrogen and oxygen atoms in total. The first-order chi connectivity index (χ1) is 15.2. The van der Waals surface area contributed by atoms with E-state index >= 15 is 0 Å². The number of aromatic nitrogens is 2. The summed E-state index contributed by atoms with van der Waals surface area (Å²) < 4.78 is 15.3. The molecule has 0 saturated heterocycles. The van der Waals surface area contributed by atoms with Crippen LogP contribution >= 0.6 is 11.5 Å². The summed E-state index contributed by atoms with van der Waals surface area (Å²) in [6, 6.07) is 14.5. The van der Waals surface area contributed by atoms with Crippen molar-refractivity contribution in [1.29, 1.82) is 0 Å². The van der Waals surface area contributed by atoms with E-state index in [1.165, 1.54) is 37.2 Å². The highest BCUT2D eigenvalue weighted by atomic mass is 32.1. The van der Waals surface area contributed by atoms with Gasteiger partial charge in [-0.05, 0) is 60.8 Å². The summed E-state index contributed by atoms with van der Waals surface area (Å²) >= 11 is 1.32. The largest absolute Gasteiger partial charge is 0.494 e. The summed E-state index contributed by atoms with van der Waals surface area (Å²) in [5.74, 6) is 0.510. The van der Waals surface area contributed by atoms with Crippen molar-refractivity contribution in [3.05, 3.63) is 54.1 Å². The van der Waals surface area contributed by atoms with Crippen molar-refractivity contribution in [2.75, 3.05) is 20.3 Å². The van der Waals surface area contributed by atoms with Crippen molar-refractivity contribution in [2.45, 2.75) is 38.5 Å². The van der Waals surface area contributed by atoms with Gasteiger partial charge >= 0.3 is 5.97 Å². The van der Waals surface area contributed by atoms with Crippen LogP contribution < -0.4 is 4.74 Å². The van der Waals surface area contributed by atoms with Gasteiger partial charge in [0.05, 0.1) is 12.2 Å². The molecule has 0 aliphatic carbocycles. The van der Waals surface area contributed by atoms with Crippen LogP contribution in [-0.4, -0.2) is 40.8 Å². The number of benzene rings is 2. The van der Waals surface area contributed by atoms with Gasteiger partial charge in [0, 0.05) is 24.8 Å². The smallest absolute Gasteiger partial charge is 0.335 e. The number of ether oxygens (including phenoxy) is 2. The molecular formula is C24H28N2O4S. The van der Waals surface area contributed by atoms with E-state index in [0.717, 1.165) is 47.9 Å². The molecule has 1 aromatic heterocycles. The Kier molecular flexibility index (Phi) is 8.99. The fourth-order valence-corrected chi connectivity index (χ4v) is 3.85. The number of aromatic carboxylic acids is 1. The van der Waals surface area contributed by atoms with Gasteiger partial charge < -0.3 is 14.6 Å². The van der Waals surface area contributed by atoms with Crippen LogP contribution in [0.2, 0.25) is 0 Å². The number of carbonyl (C=O) groups is 1. The lowest BCUT2D eigenvalue weighted by molar-refractivity contribution is 0.0697. The highest BCUT2D eigenvalue weighted by Crippen LogP contribution is 2.27. The third-order valence-electron chi connectivity index (χ3n) is 4.93. The second-order valence-electron chi connectivity index (χ2n) is 7.29. The monoisotopic (exact) mass is 440 g/mol. The molecule has 0 radical (unpaired) electrons. The average molecular weight is 441 g/mol. The molecule has 7 heteroatoms. The molecule has 0 amide bonds. The Morgan fingerprint density at radius 1 is 0.871 bits per heavy atom. The van der Waals surface area contributed by atoms with Crippen molar-refractivity contribution in [1.82, 2.24) is 9.36 Å². The third-order valence-corrected chi connectivity index (χ3v) is 5.69. The SMILES string of the molecule is COCCCCCCCCOc1ccc(-c2nc(-c3ccc(C(=O)O)cc3)ns2)cc1. The molecule has 2 aromatic carbocycles. The molecule has 1 N–H and O–H groups in total. The maximum Gasteiger partial charge on any atom is 0.335 e. The van der Waals surface area contributed by atoms with Crippen LogP contribution in [0.4, 0.5) is 0 Å². The number of unbranched alkanes of at least 4 members (excludes halogenated alkanes) is 5. The number of rotatable bonds is 13. The number of nitrogens with zero attached hydrogens (tertiary/aromatic N) is 2. The van der Waals surface area contributed by atoms with E-state index < -0.39 is 5.97 Å². The quantitative estimate of drug-likeness (QED) is 0.331. The minimum Gasteiger partial charge on any atom is -0.494 e. The average Bonchev–Trinajstić information content (AvgIpc) is 3.29. The number of hydrogen-bond acceptors (Lipinski definition) is 6. The minimum atomic E-state index is -0.946. The standard InChI is InChI=1S/C24H28N2O4S/c1-29-16-6-4-2-3-5-7-17-30-21-14-12-19(13-15-21)23-25-22(26-31-23)18-8-10-20(11-9-18)24(27)28/h8-15H,2-7,16-17H2,1H3,(H,27,28). The molecule has 0 saturated carbocycles. The first-order valence-electron chi connectivity index (χ1n) is 10.6. The van der Waals surface area contributed by atoms with Crippen LogP contribution in [0.3, 0.4) is 0 Å². The molecule has 0 aliphatic rings. The Morgan fingerprint density at radius 2 is 1.48 bits per heavy atom. The Labute approximate surface area is 187 Å². The summed E-state index contributed by atoms with van der Waals surface area (Å²) in [5.41, 5.74) is 2.03. The zero-order valence-corrected chi connectivity index (χ0v) is 18.6. The Hall–Kier alpha value is -2.77. The van der Waals surface area contributed by atoms with E-state index in [1.54, 1.807) is 31.4 Å². The van der Waals surface area contributed by atoms with Gasteiger partial charge in [-0.2, -0.15) is 4.37 Å². The maximum atomic E-state index is 11.0. The molecule has 0 aliphatic heterocycles. The number of hydrogen-bond donors (Lipinski definition) is 1. The number of methoxy groups -OCH3 is 1. The lowest BCUT2D eigenvalue weighted by Gasteiger charge is -2.06. The summed E-state index contributed by atoms with van der Waals surface area (Å²) in [5, 5.41) is 9.82. The van der Waals surface area contributed by atoms with Gasteiger partial charge in [-0.3, -0.25) is 0 Å². The Balaban J connectivity index is 1.44. The highest BCUT2D eigenvalue weighted by molar-refractivity contribution is 7.09. The molecule has 0 atom stereocenters. The molecule has 3 aromatic rings. The number of carboxylic acid groups (broad SMARTS) is 1. The molecule has 1 heterocycles. The summed E-state index contributed by atoms with van der Waals surface area (Å²) in [7, 11) is 1.75. The molecule has 0 bridgehead atoms. The van der Waals surface area contributed by atoms with Crippen LogP contribution in [0, 0.1) is 0 Å². The lowest BCUT2D eigenvalue weighted by atomic mass is 10.1. The zero-order valence-electron chi connectivity index (χ0n) is 17.8. The summed E-state index contributed by atoms with van der Waals surface area (Å²) in [4.78, 5) is 15.6. The van der Waals surface area contributed by atoms with Crippen molar-refractivity contribution >= 4 is 17.5 Å². The van der Waals surface area contributed by atoms with E-state index in [4.69, 9.17) is 14.6 Å². The van der Waals surface area contributed by atoms with Crippen LogP contribution in [0.25, 0.3) is 22.0 Å². The van der Waals surface area contributed by atoms with Gasteiger partial charge in [0.25, 0.3) is 0 Å². The summed E-state index contributed by atoms with van der Waals surface area (Å²) in [6.07, 6.45) is 7.12. The molecule has 31 heavy (non-hydrogen) atoms. The van der Waals surface area contributed by atoms with Gasteiger partial charge in [-0.1, -0.05) is 37.8 Å². The maximum absolute atomic E-state index is 11.0. The van der Waals surface area contributed by atoms with Crippen LogP contribution in [0.15, 0.2) is 48.5 Å². The van der Waals surface area contributed by atoms with Gasteiger partial charge in [-0.25, -0.2) is 9.78 Å². The fraction of sp³-hybridized carbons (Fsp3) is 0.375. The predicted molar refractivity (Wildman–Crippen MR) is 123 cm³/mol. The number of carboxylic acids is 1. The second-order valence-corrected chi connectivity index (χ2v) is 8.04. The van der Waals surface area contributed by atoms with E-state index in [2.05, 4.69) is 9.36 Å². The molecule has 3 rings (SSSR count). The zero-order chi connectivity index (χ0) is 21.9. The molecular weight excluding hydrogens is 412 g/mol. The third kappa shape index (κ3) is 7.15. The molecule has 0 fully saturated rings. The minimum absolute atomic E-state index is 0.247. The predicted octanol–water partition coefficient (Wildman–Crippen LogP) is 5.94. The fourth-order valence-electron chi connectivity index (χ4n) is 3.16. The Morgan fingerprint density at radius 3 is 2.13 bits per heavy atom. The van der Waals surface area contributed by atoms with Crippen molar-refractivity contribution in [3.8, 4) is 27.7 Å². The Bertz CT molecular complexity index is 939. The van der Waals surface area contributed by atoms with Crippen molar-refractivity contribution in [2.24, 2.45) is 0 Å². The first kappa shape index (κ1) is 22.9. The van der Waals surface area contributed by atoms with Gasteiger partial charge in [0.1, 0.15) is 10.8 Å². The van der Waals surface area contributed by atoms with Crippen molar-refractivity contribution in [3.63, 3.8) is 0 Å². The van der Waals surface area contributed by atoms with E-state index in [1.807, 2.05) is 24.3 Å². The van der Waals surface area contributed by atoms with E-state index in [-0.39, 0.29) is 5.56 Å². The van der Waals surface area contributed by atoms with Crippen LogP contribution in [-0.2, 0) is 4.74 Å². The first-order valence-corrected chi connectivity index (χ1v) is 11.3. The van der Waals surface area contributed by atoms with Crippen LogP contribution in [0.5, 0.6) is 5.75 Å². The van der Waals surface area contributed by atoms with E-state index in [0.29, 0.717) is 5.82 Å². The normalized spacial score (nSPS) is 10.9. The molecule has 0 spiro atoms. The van der Waals surface area contributed by atoms with E-state index in [9.17, 15) is 4.79 Å². The van der Waals surface area contributed by atoms with Gasteiger partial charge in [0.2, 0.25) is 0 Å². The second kappa shape index (κ2) is 12.2. The van der Waals surface area contributed by atoms with Crippen molar-refractivity contribution < 1.29 is 19.4 Å². The van der Waals surface area contributed by atoms with Crippen LogP contribution in [0.1, 0.15) is 48.9 Å². The molecule has 0 unspecified atom stereocenters. The van der Waals surface area contributed by atoms with Gasteiger partial charge in [0.15, 0.2) is 5.82 Å².